The van der Waals surface area contributed by atoms with Crippen LogP contribution in [0.5, 0.6) is 0 Å². The van der Waals surface area contributed by atoms with E-state index in [1.165, 1.54) is 12.1 Å². The van der Waals surface area contributed by atoms with Gasteiger partial charge in [-0.25, -0.2) is 9.18 Å². The van der Waals surface area contributed by atoms with Crippen LogP contribution in [0.15, 0.2) is 72.8 Å². The van der Waals surface area contributed by atoms with Gasteiger partial charge in [-0.1, -0.05) is 68.4 Å². The molecule has 3 aliphatic rings. The van der Waals surface area contributed by atoms with Crippen molar-refractivity contribution < 1.29 is 37.8 Å². The molecule has 12 nitrogen and oxygen atoms in total. The van der Waals surface area contributed by atoms with Gasteiger partial charge in [-0.05, 0) is 94.8 Å². The third-order valence-electron chi connectivity index (χ3n) is 11.5. The molecule has 1 N–H and O–H groups in total. The maximum atomic E-state index is 14.7. The molecular weight excluding hydrogens is 778 g/mol. The Morgan fingerprint density at radius 3 is 2.30 bits per heavy atom. The van der Waals surface area contributed by atoms with Gasteiger partial charge in [0.25, 0.3) is 0 Å². The summed E-state index contributed by atoms with van der Waals surface area (Å²) in [7, 11) is 0. The second-order valence-corrected chi connectivity index (χ2v) is 17.5. The largest absolute Gasteiger partial charge is 0.461 e. The van der Waals surface area contributed by atoms with Crippen molar-refractivity contribution in [2.45, 2.75) is 110 Å². The summed E-state index contributed by atoms with van der Waals surface area (Å²) in [5.74, 6) is -1.04. The highest BCUT2D eigenvalue weighted by Crippen LogP contribution is 2.42. The van der Waals surface area contributed by atoms with Crippen molar-refractivity contribution >= 4 is 29.6 Å². The van der Waals surface area contributed by atoms with E-state index in [9.17, 15) is 23.6 Å². The van der Waals surface area contributed by atoms with Crippen molar-refractivity contribution in [3.63, 3.8) is 0 Å². The van der Waals surface area contributed by atoms with Crippen molar-refractivity contribution in [1.29, 1.82) is 0 Å². The molecule has 4 atom stereocenters. The highest BCUT2D eigenvalue weighted by molar-refractivity contribution is 6.03. The second-order valence-electron chi connectivity index (χ2n) is 17.5. The molecule has 0 aromatic heterocycles. The van der Waals surface area contributed by atoms with Crippen LogP contribution in [0.1, 0.15) is 90.5 Å². The number of nitrogens with zero attached hydrogens (tertiary/aromatic N) is 4. The lowest BCUT2D eigenvalue weighted by Crippen LogP contribution is -2.64. The SMILES string of the molecule is CC.C[C@@H]1COCCN1C[C@H]1CN(C(=O)OC(C)(C)C)[C@H](C)CN1CC(=O)N1C[C@@](C)(C(=O)NCCCC(=O)OCc2ccccc2)c2ccc(Cc3ccc(F)cc3)cc21. The Morgan fingerprint density at radius 2 is 1.61 bits per heavy atom. The van der Waals surface area contributed by atoms with Crippen molar-refractivity contribution in [2.24, 2.45) is 0 Å². The molecular formula is C48H66FN5O7. The number of anilines is 1. The molecule has 2 fully saturated rings. The lowest BCUT2D eigenvalue weighted by Gasteiger charge is -2.47. The summed E-state index contributed by atoms with van der Waals surface area (Å²) in [6.45, 7) is 19.7. The number of morpholine rings is 1. The molecule has 3 amide bonds. The van der Waals surface area contributed by atoms with Gasteiger partial charge in [-0.15, -0.1) is 0 Å². The molecule has 6 rings (SSSR count). The number of carbonyl (C=O) groups is 4. The van der Waals surface area contributed by atoms with Gasteiger partial charge in [0.15, 0.2) is 0 Å². The molecule has 3 heterocycles. The maximum absolute atomic E-state index is 14.7. The minimum atomic E-state index is -1.07. The first-order valence-electron chi connectivity index (χ1n) is 21.8. The fourth-order valence-electron chi connectivity index (χ4n) is 8.17. The molecule has 13 heteroatoms. The smallest absolute Gasteiger partial charge is 0.410 e. The Balaban J connectivity index is 0.00000347. The summed E-state index contributed by atoms with van der Waals surface area (Å²) in [6.07, 6.45) is 0.701. The standard InChI is InChI=1S/C46H60FN5O7.C2H6/c1-32-25-50(38(26-49-21-22-57-29-33(49)2)27-51(32)44(56)59-45(3,4)5)28-41(53)52-31-46(6,39-19-16-36(24-40(39)52)23-34-14-17-37(47)18-15-34)43(55)48-20-10-13-42(54)58-30-35-11-8-7-9-12-35;1-2/h7-9,11-12,14-19,24,32-33,38H,10,13,20-23,25-31H2,1-6H3,(H,48,55);1-2H3/t32-,33-,38+,46-;/m1./s1. The van der Waals surface area contributed by atoms with Gasteiger partial charge in [-0.3, -0.25) is 24.2 Å². The van der Waals surface area contributed by atoms with E-state index in [-0.39, 0.29) is 80.5 Å². The Hall–Kier alpha value is -4.85. The fraction of sp³-hybridized carbons (Fsp3) is 0.542. The summed E-state index contributed by atoms with van der Waals surface area (Å²) >= 11 is 0. The molecule has 2 saturated heterocycles. The topological polar surface area (TPSA) is 121 Å². The number of benzene rings is 3. The van der Waals surface area contributed by atoms with Gasteiger partial charge in [0.05, 0.1) is 25.2 Å². The number of amides is 3. The highest BCUT2D eigenvalue weighted by Gasteiger charge is 2.47. The Bertz CT molecular complexity index is 1940. The predicted molar refractivity (Wildman–Crippen MR) is 235 cm³/mol. The molecule has 3 aliphatic heterocycles. The van der Waals surface area contributed by atoms with Gasteiger partial charge in [0, 0.05) is 69.5 Å². The minimum Gasteiger partial charge on any atom is -0.461 e. The fourth-order valence-corrected chi connectivity index (χ4v) is 8.17. The Morgan fingerprint density at radius 1 is 0.902 bits per heavy atom. The lowest BCUT2D eigenvalue weighted by atomic mass is 9.83. The molecule has 3 aromatic rings. The third kappa shape index (κ3) is 12.6. The molecule has 0 bridgehead atoms. The van der Waals surface area contributed by atoms with Crippen LogP contribution in [0, 0.1) is 5.82 Å². The zero-order valence-electron chi connectivity index (χ0n) is 37.4. The zero-order valence-corrected chi connectivity index (χ0v) is 37.4. The van der Waals surface area contributed by atoms with E-state index >= 15 is 0 Å². The summed E-state index contributed by atoms with van der Waals surface area (Å²) in [6, 6.07) is 21.5. The number of ether oxygens (including phenoxy) is 3. The van der Waals surface area contributed by atoms with Gasteiger partial charge in [0.1, 0.15) is 18.0 Å². The molecule has 0 unspecified atom stereocenters. The van der Waals surface area contributed by atoms with Gasteiger partial charge in [-0.2, -0.15) is 0 Å². The van der Waals surface area contributed by atoms with E-state index in [4.69, 9.17) is 14.2 Å². The van der Waals surface area contributed by atoms with Gasteiger partial charge >= 0.3 is 12.1 Å². The lowest BCUT2D eigenvalue weighted by molar-refractivity contribution is -0.145. The van der Waals surface area contributed by atoms with Crippen molar-refractivity contribution in [3.8, 4) is 0 Å². The van der Waals surface area contributed by atoms with Crippen LogP contribution >= 0.6 is 0 Å². The second kappa shape index (κ2) is 21.3. The van der Waals surface area contributed by atoms with E-state index in [1.54, 1.807) is 21.9 Å². The first kappa shape index (κ1) is 47.2. The monoisotopic (exact) mass is 843 g/mol. The molecule has 0 spiro atoms. The zero-order chi connectivity index (χ0) is 44.3. The van der Waals surface area contributed by atoms with Crippen LogP contribution in [0.3, 0.4) is 0 Å². The number of rotatable bonds is 13. The first-order valence-corrected chi connectivity index (χ1v) is 21.8. The van der Waals surface area contributed by atoms with Gasteiger partial charge < -0.3 is 29.3 Å². The number of halogens is 1. The number of piperazine rings is 1. The van der Waals surface area contributed by atoms with Crippen LogP contribution < -0.4 is 10.2 Å². The summed E-state index contributed by atoms with van der Waals surface area (Å²) in [4.78, 5) is 62.7. The molecule has 61 heavy (non-hydrogen) atoms. The van der Waals surface area contributed by atoms with Crippen LogP contribution in [0.2, 0.25) is 0 Å². The van der Waals surface area contributed by atoms with E-state index < -0.39 is 11.0 Å². The average molecular weight is 844 g/mol. The number of hydrogen-bond donors (Lipinski definition) is 1. The molecule has 0 aliphatic carbocycles. The minimum absolute atomic E-state index is 0.0836. The number of esters is 1. The molecule has 0 saturated carbocycles. The molecule has 3 aromatic carbocycles. The van der Waals surface area contributed by atoms with Crippen LogP contribution in [-0.4, -0.2) is 121 Å². The summed E-state index contributed by atoms with van der Waals surface area (Å²) in [5.41, 5.74) is 2.42. The van der Waals surface area contributed by atoms with E-state index in [2.05, 4.69) is 22.0 Å². The Kier molecular flexibility index (Phi) is 16.5. The molecule has 332 valence electrons. The quantitative estimate of drug-likeness (QED) is 0.148. The van der Waals surface area contributed by atoms with E-state index in [1.807, 2.05) is 97.0 Å². The third-order valence-corrected chi connectivity index (χ3v) is 11.5. The predicted octanol–water partition coefficient (Wildman–Crippen LogP) is 6.72. The number of fused-ring (bicyclic) bond motifs is 1. The number of carbonyl (C=O) groups excluding carboxylic acids is 4. The average Bonchev–Trinajstić information content (AvgIpc) is 3.54. The van der Waals surface area contributed by atoms with Gasteiger partial charge in [0.2, 0.25) is 11.8 Å². The molecule has 0 radical (unpaired) electrons. The summed E-state index contributed by atoms with van der Waals surface area (Å²) < 4.78 is 30.7. The van der Waals surface area contributed by atoms with Crippen LogP contribution in [-0.2, 0) is 47.0 Å². The first-order chi connectivity index (χ1) is 29.1. The summed E-state index contributed by atoms with van der Waals surface area (Å²) in [5, 5.41) is 3.03. The van der Waals surface area contributed by atoms with Crippen LogP contribution in [0.4, 0.5) is 14.9 Å². The van der Waals surface area contributed by atoms with Crippen LogP contribution in [0.25, 0.3) is 0 Å². The number of nitrogens with one attached hydrogen (secondary N) is 1. The number of hydrogen-bond acceptors (Lipinski definition) is 9. The van der Waals surface area contributed by atoms with E-state index in [0.717, 1.165) is 28.8 Å². The van der Waals surface area contributed by atoms with Crippen molar-refractivity contribution in [1.82, 2.24) is 20.0 Å². The van der Waals surface area contributed by atoms with Crippen molar-refractivity contribution in [3.05, 3.63) is 101 Å². The highest BCUT2D eigenvalue weighted by atomic mass is 19.1. The maximum Gasteiger partial charge on any atom is 0.410 e. The van der Waals surface area contributed by atoms with E-state index in [0.29, 0.717) is 51.4 Å². The Labute approximate surface area is 361 Å². The normalized spacial score (nSPS) is 21.8. The van der Waals surface area contributed by atoms with Crippen molar-refractivity contribution in [2.75, 3.05) is 63.9 Å².